The Hall–Kier alpha value is -1.74. The van der Waals surface area contributed by atoms with Crippen LogP contribution in [-0.2, 0) is 6.54 Å². The average molecular weight is 269 g/mol. The molecule has 19 heavy (non-hydrogen) atoms. The Bertz CT molecular complexity index is 716. The summed E-state index contributed by atoms with van der Waals surface area (Å²) in [5, 5.41) is 1.10. The van der Waals surface area contributed by atoms with Crippen molar-refractivity contribution in [3.8, 4) is 10.6 Å². The number of fused-ring (bicyclic) bond motifs is 1. The molecule has 0 aliphatic carbocycles. The lowest BCUT2D eigenvalue weighted by Crippen LogP contribution is -2.32. The van der Waals surface area contributed by atoms with Gasteiger partial charge in [0.25, 0.3) is 0 Å². The fraction of sp³-hybridized carbons (Fsp3) is 0.250. The van der Waals surface area contributed by atoms with Crippen molar-refractivity contribution in [3.63, 3.8) is 0 Å². The summed E-state index contributed by atoms with van der Waals surface area (Å²) in [5.41, 5.74) is 3.59. The van der Waals surface area contributed by atoms with E-state index in [-0.39, 0.29) is 0 Å². The van der Waals surface area contributed by atoms with Crippen LogP contribution in [0, 0.1) is 6.92 Å². The zero-order chi connectivity index (χ0) is 13.2. The van der Waals surface area contributed by atoms with E-state index in [9.17, 15) is 0 Å². The maximum atomic E-state index is 4.73. The standard InChI is InChI=1S/C16H17N2S/c1-3-8-18-9-4-5-13(11-18)16-17-14-7-6-12(2)10-15(14)19-16/h4-7,9-11H,3,8H2,1-2H3/q+1. The van der Waals surface area contributed by atoms with E-state index in [2.05, 4.69) is 61.1 Å². The second-order valence-electron chi connectivity index (χ2n) is 4.82. The Morgan fingerprint density at radius 2 is 2.16 bits per heavy atom. The molecule has 3 heteroatoms. The van der Waals surface area contributed by atoms with Crippen LogP contribution in [0.1, 0.15) is 18.9 Å². The van der Waals surface area contributed by atoms with Crippen molar-refractivity contribution in [2.24, 2.45) is 0 Å². The third-order valence-corrected chi connectivity index (χ3v) is 4.20. The van der Waals surface area contributed by atoms with Gasteiger partial charge in [0.15, 0.2) is 12.4 Å². The molecule has 0 saturated carbocycles. The number of thiazole rings is 1. The Kier molecular flexibility index (Phi) is 3.30. The molecule has 0 radical (unpaired) electrons. The van der Waals surface area contributed by atoms with Crippen LogP contribution in [0.25, 0.3) is 20.8 Å². The largest absolute Gasteiger partial charge is 0.236 e. The van der Waals surface area contributed by atoms with Crippen LogP contribution < -0.4 is 4.57 Å². The molecule has 2 heterocycles. The minimum Gasteiger partial charge on any atom is -0.236 e. The molecule has 0 aliphatic heterocycles. The third-order valence-electron chi connectivity index (χ3n) is 3.13. The van der Waals surface area contributed by atoms with Gasteiger partial charge in [-0.3, -0.25) is 0 Å². The first kappa shape index (κ1) is 12.3. The molecule has 0 unspecified atom stereocenters. The smallest absolute Gasteiger partial charge is 0.179 e. The van der Waals surface area contributed by atoms with Crippen molar-refractivity contribution >= 4 is 21.6 Å². The summed E-state index contributed by atoms with van der Waals surface area (Å²) >= 11 is 1.77. The molecular formula is C16H17N2S+. The molecule has 1 aromatic carbocycles. The number of rotatable bonds is 3. The van der Waals surface area contributed by atoms with E-state index in [4.69, 9.17) is 4.98 Å². The minimum atomic E-state index is 1.05. The van der Waals surface area contributed by atoms with Crippen LogP contribution in [0.2, 0.25) is 0 Å². The average Bonchev–Trinajstić information content (AvgIpc) is 2.82. The maximum Gasteiger partial charge on any atom is 0.179 e. The lowest BCUT2D eigenvalue weighted by molar-refractivity contribution is -0.696. The van der Waals surface area contributed by atoms with Gasteiger partial charge in [-0.25, -0.2) is 9.55 Å². The van der Waals surface area contributed by atoms with E-state index >= 15 is 0 Å². The highest BCUT2D eigenvalue weighted by Gasteiger charge is 2.09. The highest BCUT2D eigenvalue weighted by Crippen LogP contribution is 2.29. The molecule has 0 aliphatic rings. The van der Waals surface area contributed by atoms with Crippen LogP contribution in [0.5, 0.6) is 0 Å². The van der Waals surface area contributed by atoms with Gasteiger partial charge in [0.05, 0.1) is 15.8 Å². The lowest BCUT2D eigenvalue weighted by atomic mass is 10.2. The van der Waals surface area contributed by atoms with E-state index in [0.29, 0.717) is 0 Å². The Morgan fingerprint density at radius 1 is 1.26 bits per heavy atom. The van der Waals surface area contributed by atoms with Gasteiger partial charge in [-0.15, -0.1) is 11.3 Å². The molecule has 2 aromatic heterocycles. The Morgan fingerprint density at radius 3 is 3.00 bits per heavy atom. The van der Waals surface area contributed by atoms with Crippen LogP contribution >= 0.6 is 11.3 Å². The maximum absolute atomic E-state index is 4.73. The first-order valence-electron chi connectivity index (χ1n) is 6.63. The molecule has 0 fully saturated rings. The molecule has 0 N–H and O–H groups in total. The topological polar surface area (TPSA) is 16.8 Å². The van der Waals surface area contributed by atoms with E-state index in [1.165, 1.54) is 15.8 Å². The first-order valence-corrected chi connectivity index (χ1v) is 7.44. The first-order chi connectivity index (χ1) is 9.26. The van der Waals surface area contributed by atoms with Gasteiger partial charge in [-0.2, -0.15) is 0 Å². The van der Waals surface area contributed by atoms with Gasteiger partial charge >= 0.3 is 0 Å². The number of aromatic nitrogens is 2. The molecule has 96 valence electrons. The summed E-state index contributed by atoms with van der Waals surface area (Å²) in [5.74, 6) is 0. The zero-order valence-electron chi connectivity index (χ0n) is 11.3. The monoisotopic (exact) mass is 269 g/mol. The summed E-state index contributed by atoms with van der Waals surface area (Å²) in [6.07, 6.45) is 5.45. The number of aryl methyl sites for hydroxylation is 2. The van der Waals surface area contributed by atoms with Crippen LogP contribution in [0.4, 0.5) is 0 Å². The van der Waals surface area contributed by atoms with Crippen molar-refractivity contribution < 1.29 is 4.57 Å². The molecular weight excluding hydrogens is 252 g/mol. The molecule has 3 aromatic rings. The predicted octanol–water partition coefficient (Wildman–Crippen LogP) is 3.97. The molecule has 2 nitrogen and oxygen atoms in total. The number of hydrogen-bond donors (Lipinski definition) is 0. The summed E-state index contributed by atoms with van der Waals surface area (Å²) in [6, 6.07) is 10.7. The van der Waals surface area contributed by atoms with Crippen molar-refractivity contribution in [3.05, 3.63) is 48.3 Å². The molecule has 0 amide bonds. The summed E-state index contributed by atoms with van der Waals surface area (Å²) in [4.78, 5) is 4.73. The summed E-state index contributed by atoms with van der Waals surface area (Å²) in [7, 11) is 0. The quantitative estimate of drug-likeness (QED) is 0.657. The van der Waals surface area contributed by atoms with E-state index in [1.807, 2.05) is 0 Å². The fourth-order valence-electron chi connectivity index (χ4n) is 2.20. The Labute approximate surface area is 117 Å². The van der Waals surface area contributed by atoms with Crippen LogP contribution in [0.3, 0.4) is 0 Å². The van der Waals surface area contributed by atoms with Crippen molar-refractivity contribution in [2.75, 3.05) is 0 Å². The zero-order valence-corrected chi connectivity index (χ0v) is 12.1. The number of benzene rings is 1. The van der Waals surface area contributed by atoms with Gasteiger partial charge in [-0.05, 0) is 30.7 Å². The minimum absolute atomic E-state index is 1.05. The van der Waals surface area contributed by atoms with E-state index in [1.54, 1.807) is 11.3 Å². The van der Waals surface area contributed by atoms with Crippen LogP contribution in [0.15, 0.2) is 42.7 Å². The van der Waals surface area contributed by atoms with E-state index in [0.717, 1.165) is 23.5 Å². The molecule has 0 saturated heterocycles. The van der Waals surface area contributed by atoms with Gasteiger partial charge in [0.1, 0.15) is 11.6 Å². The van der Waals surface area contributed by atoms with Gasteiger partial charge < -0.3 is 0 Å². The van der Waals surface area contributed by atoms with Crippen molar-refractivity contribution in [1.29, 1.82) is 0 Å². The van der Waals surface area contributed by atoms with E-state index < -0.39 is 0 Å². The lowest BCUT2D eigenvalue weighted by Gasteiger charge is -1.96. The second kappa shape index (κ2) is 5.10. The normalized spacial score (nSPS) is 11.1. The Balaban J connectivity index is 2.05. The van der Waals surface area contributed by atoms with Gasteiger partial charge in [0.2, 0.25) is 0 Å². The highest BCUT2D eigenvalue weighted by atomic mass is 32.1. The summed E-state index contributed by atoms with van der Waals surface area (Å²) < 4.78 is 3.49. The molecule has 0 spiro atoms. The number of hydrogen-bond acceptors (Lipinski definition) is 2. The number of pyridine rings is 1. The number of nitrogens with zero attached hydrogens (tertiary/aromatic N) is 2. The molecule has 0 bridgehead atoms. The van der Waals surface area contributed by atoms with Gasteiger partial charge in [0, 0.05) is 12.5 Å². The summed E-state index contributed by atoms with van der Waals surface area (Å²) in [6.45, 7) is 5.37. The SMILES string of the molecule is CCC[n+]1cccc(-c2nc3ccc(C)cc3s2)c1. The van der Waals surface area contributed by atoms with Gasteiger partial charge in [-0.1, -0.05) is 13.0 Å². The van der Waals surface area contributed by atoms with Crippen LogP contribution in [-0.4, -0.2) is 4.98 Å². The molecule has 3 rings (SSSR count). The van der Waals surface area contributed by atoms with Crippen molar-refractivity contribution in [1.82, 2.24) is 4.98 Å². The second-order valence-corrected chi connectivity index (χ2v) is 5.85. The van der Waals surface area contributed by atoms with Crippen molar-refractivity contribution in [2.45, 2.75) is 26.8 Å². The highest BCUT2D eigenvalue weighted by molar-refractivity contribution is 7.21. The predicted molar refractivity (Wildman–Crippen MR) is 80.3 cm³/mol. The molecule has 0 atom stereocenters. The third kappa shape index (κ3) is 2.51. The fourth-order valence-corrected chi connectivity index (χ4v) is 3.26.